The van der Waals surface area contributed by atoms with Gasteiger partial charge in [0.25, 0.3) is 0 Å². The average Bonchev–Trinajstić information content (AvgIpc) is 2.38. The van der Waals surface area contributed by atoms with Crippen LogP contribution >= 0.6 is 12.4 Å². The van der Waals surface area contributed by atoms with Crippen molar-refractivity contribution in [3.63, 3.8) is 0 Å². The highest BCUT2D eigenvalue weighted by molar-refractivity contribution is 5.89. The Labute approximate surface area is 128 Å². The topological polar surface area (TPSA) is 58.8 Å². The van der Waals surface area contributed by atoms with Crippen LogP contribution in [0.2, 0.25) is 0 Å². The molecule has 2 aliphatic rings. The summed E-state index contributed by atoms with van der Waals surface area (Å²) in [5.41, 5.74) is 5.38. The van der Waals surface area contributed by atoms with Gasteiger partial charge in [0.2, 0.25) is 5.91 Å². The van der Waals surface area contributed by atoms with Crippen LogP contribution in [-0.2, 0) is 9.53 Å². The number of nitrogens with zero attached hydrogens (tertiary/aromatic N) is 2. The van der Waals surface area contributed by atoms with Gasteiger partial charge in [0.1, 0.15) is 5.54 Å². The normalized spacial score (nSPS) is 33.2. The zero-order chi connectivity index (χ0) is 14.3. The van der Waals surface area contributed by atoms with E-state index in [0.717, 1.165) is 26.2 Å². The van der Waals surface area contributed by atoms with Crippen molar-refractivity contribution in [2.24, 2.45) is 11.1 Å². The lowest BCUT2D eigenvalue weighted by molar-refractivity contribution is -0.180. The first kappa shape index (κ1) is 17.7. The number of hydrogen-bond acceptors (Lipinski definition) is 4. The molecule has 0 aromatic rings. The van der Waals surface area contributed by atoms with Crippen molar-refractivity contribution in [1.82, 2.24) is 9.80 Å². The largest absolute Gasteiger partial charge is 0.378 e. The Bertz CT molecular complexity index is 356. The molecule has 0 radical (unpaired) electrons. The molecule has 0 bridgehead atoms. The Kier molecular flexibility index (Phi) is 5.46. The second-order valence-electron chi connectivity index (χ2n) is 6.44. The van der Waals surface area contributed by atoms with Gasteiger partial charge in [0.05, 0.1) is 6.10 Å². The van der Waals surface area contributed by atoms with Crippen molar-refractivity contribution < 1.29 is 9.53 Å². The van der Waals surface area contributed by atoms with Crippen LogP contribution in [0.3, 0.4) is 0 Å². The van der Waals surface area contributed by atoms with E-state index < -0.39 is 5.54 Å². The van der Waals surface area contributed by atoms with Crippen molar-refractivity contribution in [1.29, 1.82) is 0 Å². The number of carbonyl (C=O) groups excluding carboxylic acids is 1. The molecule has 118 valence electrons. The molecule has 0 spiro atoms. The van der Waals surface area contributed by atoms with Gasteiger partial charge < -0.3 is 20.3 Å². The molecule has 2 fully saturated rings. The van der Waals surface area contributed by atoms with Crippen LogP contribution in [-0.4, -0.2) is 67.2 Å². The van der Waals surface area contributed by atoms with Gasteiger partial charge in [-0.25, -0.2) is 0 Å². The molecule has 0 aromatic carbocycles. The molecule has 2 atom stereocenters. The van der Waals surface area contributed by atoms with Gasteiger partial charge in [-0.3, -0.25) is 4.79 Å². The molecule has 1 heterocycles. The first-order valence-electron chi connectivity index (χ1n) is 7.21. The Morgan fingerprint density at radius 3 is 2.30 bits per heavy atom. The molecule has 6 heteroatoms. The van der Waals surface area contributed by atoms with Gasteiger partial charge in [-0.05, 0) is 14.0 Å². The number of hydrogen-bond donors (Lipinski definition) is 1. The maximum Gasteiger partial charge on any atom is 0.243 e. The molecule has 1 saturated heterocycles. The lowest BCUT2D eigenvalue weighted by Gasteiger charge is -2.59. The van der Waals surface area contributed by atoms with Crippen molar-refractivity contribution in [3.05, 3.63) is 0 Å². The van der Waals surface area contributed by atoms with Crippen LogP contribution in [0.4, 0.5) is 0 Å². The quantitative estimate of drug-likeness (QED) is 0.834. The molecule has 1 saturated carbocycles. The Hall–Kier alpha value is -0.360. The molecule has 1 aliphatic heterocycles. The summed E-state index contributed by atoms with van der Waals surface area (Å²) in [6, 6.07) is 0. The van der Waals surface area contributed by atoms with Crippen LogP contribution in [0.5, 0.6) is 0 Å². The van der Waals surface area contributed by atoms with Crippen LogP contribution in [0.1, 0.15) is 27.2 Å². The third-order valence-corrected chi connectivity index (χ3v) is 5.00. The van der Waals surface area contributed by atoms with Crippen LogP contribution in [0.15, 0.2) is 0 Å². The zero-order valence-electron chi connectivity index (χ0n) is 13.0. The fourth-order valence-corrected chi connectivity index (χ4v) is 3.09. The Morgan fingerprint density at radius 2 is 1.85 bits per heavy atom. The molecular formula is C14H28ClN3O2. The van der Waals surface area contributed by atoms with Crippen molar-refractivity contribution >= 4 is 18.3 Å². The number of piperazine rings is 1. The predicted molar refractivity (Wildman–Crippen MR) is 82.1 cm³/mol. The summed E-state index contributed by atoms with van der Waals surface area (Å²) < 4.78 is 5.68. The molecule has 20 heavy (non-hydrogen) atoms. The highest BCUT2D eigenvalue weighted by Crippen LogP contribution is 2.50. The number of nitrogens with two attached hydrogens (primary N) is 1. The fraction of sp³-hybridized carbons (Fsp3) is 0.929. The second kappa shape index (κ2) is 6.18. The molecule has 2 unspecified atom stereocenters. The summed E-state index contributed by atoms with van der Waals surface area (Å²) in [5, 5.41) is 0. The van der Waals surface area contributed by atoms with Gasteiger partial charge >= 0.3 is 0 Å². The average molecular weight is 306 g/mol. The number of ether oxygens (including phenoxy) is 1. The van der Waals surface area contributed by atoms with E-state index in [2.05, 4.69) is 11.9 Å². The van der Waals surface area contributed by atoms with Gasteiger partial charge in [-0.2, -0.15) is 0 Å². The summed E-state index contributed by atoms with van der Waals surface area (Å²) in [6.07, 6.45) is 0.734. The highest BCUT2D eigenvalue weighted by Gasteiger charge is 2.63. The van der Waals surface area contributed by atoms with E-state index in [9.17, 15) is 4.79 Å². The molecule has 2 N–H and O–H groups in total. The SMILES string of the molecule is CCOC1CC(N)(C(=O)N2CCN(C)CC2)C1(C)C.Cl. The standard InChI is InChI=1S/C14H27N3O2.ClH/c1-5-19-11-10-14(15,13(11,2)3)12(18)17-8-6-16(4)7-9-17;/h11H,5-10,15H2,1-4H3;1H. The zero-order valence-corrected chi connectivity index (χ0v) is 13.8. The van der Waals surface area contributed by atoms with Gasteiger partial charge in [-0.1, -0.05) is 13.8 Å². The van der Waals surface area contributed by atoms with Crippen molar-refractivity contribution in [2.45, 2.75) is 38.8 Å². The number of rotatable bonds is 3. The Balaban J connectivity index is 0.00000200. The minimum absolute atomic E-state index is 0. The van der Waals surface area contributed by atoms with Crippen LogP contribution in [0.25, 0.3) is 0 Å². The third-order valence-electron chi connectivity index (χ3n) is 5.00. The molecule has 1 aliphatic carbocycles. The van der Waals surface area contributed by atoms with E-state index >= 15 is 0 Å². The van der Waals surface area contributed by atoms with Crippen molar-refractivity contribution in [2.75, 3.05) is 39.8 Å². The molecule has 0 aromatic heterocycles. The van der Waals surface area contributed by atoms with Gasteiger partial charge in [-0.15, -0.1) is 12.4 Å². The number of carbonyl (C=O) groups is 1. The van der Waals surface area contributed by atoms with E-state index in [1.807, 2.05) is 25.7 Å². The van der Waals surface area contributed by atoms with E-state index in [0.29, 0.717) is 13.0 Å². The van der Waals surface area contributed by atoms with Crippen LogP contribution < -0.4 is 5.73 Å². The summed E-state index contributed by atoms with van der Waals surface area (Å²) in [7, 11) is 2.08. The second-order valence-corrected chi connectivity index (χ2v) is 6.44. The first-order chi connectivity index (χ1) is 8.83. The number of halogens is 1. The minimum Gasteiger partial charge on any atom is -0.378 e. The van der Waals surface area contributed by atoms with Crippen molar-refractivity contribution in [3.8, 4) is 0 Å². The predicted octanol–water partition coefficient (Wildman–Crippen LogP) is 0.715. The summed E-state index contributed by atoms with van der Waals surface area (Å²) >= 11 is 0. The van der Waals surface area contributed by atoms with E-state index in [1.165, 1.54) is 0 Å². The third kappa shape index (κ3) is 2.69. The monoisotopic (exact) mass is 305 g/mol. The van der Waals surface area contributed by atoms with Crippen LogP contribution in [0, 0.1) is 5.41 Å². The van der Waals surface area contributed by atoms with Gasteiger partial charge in [0.15, 0.2) is 0 Å². The molecule has 2 rings (SSSR count). The molecule has 5 nitrogen and oxygen atoms in total. The van der Waals surface area contributed by atoms with E-state index in [1.54, 1.807) is 0 Å². The summed E-state index contributed by atoms with van der Waals surface area (Å²) in [5.74, 6) is 0.0987. The lowest BCUT2D eigenvalue weighted by Crippen LogP contribution is -2.76. The maximum absolute atomic E-state index is 12.7. The number of amides is 1. The minimum atomic E-state index is -0.761. The smallest absolute Gasteiger partial charge is 0.243 e. The number of likely N-dealkylation sites (N-methyl/N-ethyl adjacent to an activating group) is 1. The maximum atomic E-state index is 12.7. The van der Waals surface area contributed by atoms with E-state index in [-0.39, 0.29) is 29.8 Å². The fourth-order valence-electron chi connectivity index (χ4n) is 3.09. The summed E-state index contributed by atoms with van der Waals surface area (Å²) in [6.45, 7) is 10.2. The highest BCUT2D eigenvalue weighted by atomic mass is 35.5. The first-order valence-corrected chi connectivity index (χ1v) is 7.21. The van der Waals surface area contributed by atoms with Gasteiger partial charge in [0, 0.05) is 44.6 Å². The molecule has 1 amide bonds. The Morgan fingerprint density at radius 1 is 1.30 bits per heavy atom. The van der Waals surface area contributed by atoms with E-state index in [4.69, 9.17) is 10.5 Å². The lowest BCUT2D eigenvalue weighted by atomic mass is 9.54. The summed E-state index contributed by atoms with van der Waals surface area (Å²) in [4.78, 5) is 16.9. The molecular weight excluding hydrogens is 278 g/mol.